The van der Waals surface area contributed by atoms with E-state index in [-0.39, 0.29) is 17.4 Å². The second-order valence-electron chi connectivity index (χ2n) is 3.45. The molecule has 0 amide bonds. The third-order valence-corrected chi connectivity index (χ3v) is 2.26. The minimum Gasteiger partial charge on any atom is -0.476 e. The molecular formula is C11H11N5O3. The first kappa shape index (κ1) is 12.6. The van der Waals surface area contributed by atoms with Gasteiger partial charge in [0.1, 0.15) is 6.33 Å². The van der Waals surface area contributed by atoms with Gasteiger partial charge in [-0.3, -0.25) is 21.0 Å². The molecule has 0 aliphatic carbocycles. The van der Waals surface area contributed by atoms with E-state index >= 15 is 0 Å². The Morgan fingerprint density at radius 3 is 2.58 bits per heavy atom. The second-order valence-corrected chi connectivity index (χ2v) is 3.45. The fraction of sp³-hybridized carbons (Fsp3) is 0.0909. The molecule has 1 aromatic heterocycles. The molecule has 1 aromatic carbocycles. The lowest BCUT2D eigenvalue weighted by atomic mass is 10.3. The number of nitrogens with zero attached hydrogens (tertiary/aromatic N) is 3. The SMILES string of the molecule is COc1ncnc(NNc2ccccc2)c1[N+](=O)[O-]. The summed E-state index contributed by atoms with van der Waals surface area (Å²) in [6, 6.07) is 9.13. The van der Waals surface area contributed by atoms with Gasteiger partial charge in [0.15, 0.2) is 0 Å². The lowest BCUT2D eigenvalue weighted by Crippen LogP contribution is -2.12. The Morgan fingerprint density at radius 1 is 1.21 bits per heavy atom. The molecule has 0 saturated heterocycles. The van der Waals surface area contributed by atoms with Gasteiger partial charge < -0.3 is 4.74 Å². The molecule has 0 bridgehead atoms. The van der Waals surface area contributed by atoms with Gasteiger partial charge in [0.2, 0.25) is 5.82 Å². The zero-order chi connectivity index (χ0) is 13.7. The van der Waals surface area contributed by atoms with E-state index in [9.17, 15) is 10.1 Å². The van der Waals surface area contributed by atoms with Crippen molar-refractivity contribution >= 4 is 17.2 Å². The summed E-state index contributed by atoms with van der Waals surface area (Å²) in [7, 11) is 1.31. The van der Waals surface area contributed by atoms with Crippen molar-refractivity contribution in [1.82, 2.24) is 9.97 Å². The number of ether oxygens (including phenoxy) is 1. The van der Waals surface area contributed by atoms with E-state index in [0.717, 1.165) is 5.69 Å². The Bertz CT molecular complexity index is 576. The molecule has 98 valence electrons. The van der Waals surface area contributed by atoms with E-state index in [1.165, 1.54) is 13.4 Å². The van der Waals surface area contributed by atoms with Crippen LogP contribution in [0, 0.1) is 10.1 Å². The lowest BCUT2D eigenvalue weighted by molar-refractivity contribution is -0.385. The second kappa shape index (κ2) is 5.63. The third kappa shape index (κ3) is 2.86. The van der Waals surface area contributed by atoms with Gasteiger partial charge in [0.05, 0.1) is 17.7 Å². The number of hydrogen-bond donors (Lipinski definition) is 2. The molecule has 0 saturated carbocycles. The molecule has 1 heterocycles. The molecule has 0 aliphatic rings. The Balaban J connectivity index is 2.23. The summed E-state index contributed by atoms with van der Waals surface area (Å²) in [6.45, 7) is 0. The maximum absolute atomic E-state index is 11.0. The van der Waals surface area contributed by atoms with Crippen LogP contribution < -0.4 is 15.6 Å². The van der Waals surface area contributed by atoms with Gasteiger partial charge in [-0.05, 0) is 12.1 Å². The van der Waals surface area contributed by atoms with Crippen LogP contribution >= 0.6 is 0 Å². The average molecular weight is 261 g/mol. The minimum atomic E-state index is -0.603. The molecule has 0 fully saturated rings. The molecule has 0 unspecified atom stereocenters. The number of benzene rings is 1. The quantitative estimate of drug-likeness (QED) is 0.625. The Labute approximate surface area is 108 Å². The normalized spacial score (nSPS) is 9.74. The summed E-state index contributed by atoms with van der Waals surface area (Å²) in [5.41, 5.74) is 5.89. The first-order chi connectivity index (χ1) is 9.22. The van der Waals surface area contributed by atoms with Crippen molar-refractivity contribution < 1.29 is 9.66 Å². The van der Waals surface area contributed by atoms with Crippen molar-refractivity contribution in [2.24, 2.45) is 0 Å². The first-order valence-electron chi connectivity index (χ1n) is 5.33. The van der Waals surface area contributed by atoms with Crippen LogP contribution in [-0.4, -0.2) is 22.0 Å². The smallest absolute Gasteiger partial charge is 0.374 e. The Hall–Kier alpha value is -2.90. The highest BCUT2D eigenvalue weighted by Gasteiger charge is 2.23. The van der Waals surface area contributed by atoms with Gasteiger partial charge in [0, 0.05) is 0 Å². The number of rotatable bonds is 5. The van der Waals surface area contributed by atoms with Crippen molar-refractivity contribution in [3.63, 3.8) is 0 Å². The zero-order valence-corrected chi connectivity index (χ0v) is 10.0. The monoisotopic (exact) mass is 261 g/mol. The van der Waals surface area contributed by atoms with Crippen LogP contribution in [0.25, 0.3) is 0 Å². The largest absolute Gasteiger partial charge is 0.476 e. The number of nitrogens with one attached hydrogen (secondary N) is 2. The molecule has 2 aromatic rings. The Morgan fingerprint density at radius 2 is 1.95 bits per heavy atom. The maximum atomic E-state index is 11.0. The summed E-state index contributed by atoms with van der Waals surface area (Å²) in [6.07, 6.45) is 1.18. The van der Waals surface area contributed by atoms with Crippen molar-refractivity contribution in [3.8, 4) is 5.88 Å². The summed E-state index contributed by atoms with van der Waals surface area (Å²) < 4.78 is 4.84. The topological polar surface area (TPSA) is 102 Å². The van der Waals surface area contributed by atoms with Gasteiger partial charge >= 0.3 is 5.69 Å². The molecular weight excluding hydrogens is 250 g/mol. The fourth-order valence-corrected chi connectivity index (χ4v) is 1.42. The van der Waals surface area contributed by atoms with Gasteiger partial charge in [-0.2, -0.15) is 4.98 Å². The highest BCUT2D eigenvalue weighted by Crippen LogP contribution is 2.30. The fourth-order valence-electron chi connectivity index (χ4n) is 1.42. The number of hydrogen-bond acceptors (Lipinski definition) is 7. The van der Waals surface area contributed by atoms with E-state index in [0.29, 0.717) is 0 Å². The van der Waals surface area contributed by atoms with Crippen molar-refractivity contribution in [2.75, 3.05) is 18.0 Å². The number of para-hydroxylation sites is 1. The van der Waals surface area contributed by atoms with E-state index in [2.05, 4.69) is 20.8 Å². The molecule has 0 radical (unpaired) electrons. The van der Waals surface area contributed by atoms with Crippen LogP contribution in [0.3, 0.4) is 0 Å². The predicted octanol–water partition coefficient (Wildman–Crippen LogP) is 1.83. The lowest BCUT2D eigenvalue weighted by Gasteiger charge is -2.09. The number of anilines is 2. The van der Waals surface area contributed by atoms with E-state index < -0.39 is 4.92 Å². The van der Waals surface area contributed by atoms with Gasteiger partial charge in [-0.25, -0.2) is 4.98 Å². The molecule has 8 heteroatoms. The van der Waals surface area contributed by atoms with Crippen molar-refractivity contribution in [2.45, 2.75) is 0 Å². The summed E-state index contributed by atoms with van der Waals surface area (Å²) in [5.74, 6) is -0.0712. The Kier molecular flexibility index (Phi) is 3.72. The number of hydrazine groups is 1. The van der Waals surface area contributed by atoms with Crippen LogP contribution in [0.4, 0.5) is 17.2 Å². The van der Waals surface area contributed by atoms with Gasteiger partial charge in [-0.1, -0.05) is 18.2 Å². The highest BCUT2D eigenvalue weighted by molar-refractivity contribution is 5.63. The van der Waals surface area contributed by atoms with Crippen LogP contribution in [0.2, 0.25) is 0 Å². The molecule has 0 aliphatic heterocycles. The molecule has 2 N–H and O–H groups in total. The summed E-state index contributed by atoms with van der Waals surface area (Å²) in [5, 5.41) is 11.0. The molecule has 0 atom stereocenters. The van der Waals surface area contributed by atoms with E-state index in [4.69, 9.17) is 4.74 Å². The van der Waals surface area contributed by atoms with E-state index in [1.807, 2.05) is 18.2 Å². The molecule has 0 spiro atoms. The predicted molar refractivity (Wildman–Crippen MR) is 68.9 cm³/mol. The van der Waals surface area contributed by atoms with Gasteiger partial charge in [-0.15, -0.1) is 0 Å². The number of nitro groups is 1. The van der Waals surface area contributed by atoms with Crippen LogP contribution in [0.1, 0.15) is 0 Å². The number of aromatic nitrogens is 2. The number of methoxy groups -OCH3 is 1. The molecule has 8 nitrogen and oxygen atoms in total. The standard InChI is InChI=1S/C11H11N5O3/c1-19-11-9(16(17)18)10(12-7-13-11)15-14-8-5-3-2-4-6-8/h2-7,14H,1H3,(H,12,13,15). The van der Waals surface area contributed by atoms with Crippen LogP contribution in [-0.2, 0) is 0 Å². The maximum Gasteiger partial charge on any atom is 0.374 e. The van der Waals surface area contributed by atoms with Crippen LogP contribution in [0.5, 0.6) is 5.88 Å². The molecule has 2 rings (SSSR count). The minimum absolute atomic E-state index is 0.0284. The van der Waals surface area contributed by atoms with Crippen molar-refractivity contribution in [3.05, 3.63) is 46.8 Å². The average Bonchev–Trinajstić information content (AvgIpc) is 2.45. The third-order valence-electron chi connectivity index (χ3n) is 2.26. The summed E-state index contributed by atoms with van der Waals surface area (Å²) >= 11 is 0. The zero-order valence-electron chi connectivity index (χ0n) is 10.0. The molecule has 19 heavy (non-hydrogen) atoms. The summed E-state index contributed by atoms with van der Waals surface area (Å²) in [4.78, 5) is 17.9. The first-order valence-corrected chi connectivity index (χ1v) is 5.33. The van der Waals surface area contributed by atoms with Gasteiger partial charge in [0.25, 0.3) is 5.88 Å². The van der Waals surface area contributed by atoms with Crippen molar-refractivity contribution in [1.29, 1.82) is 0 Å². The van der Waals surface area contributed by atoms with E-state index in [1.54, 1.807) is 12.1 Å². The van der Waals surface area contributed by atoms with Crippen LogP contribution in [0.15, 0.2) is 36.7 Å². The highest BCUT2D eigenvalue weighted by atomic mass is 16.6.